The van der Waals surface area contributed by atoms with Crippen molar-refractivity contribution in [2.24, 2.45) is 0 Å². The summed E-state index contributed by atoms with van der Waals surface area (Å²) in [5.41, 5.74) is 1.54. The molecule has 0 radical (unpaired) electrons. The Kier molecular flexibility index (Phi) is 2.04. The number of nitrogens with zero attached hydrogens (tertiary/aromatic N) is 2. The van der Waals surface area contributed by atoms with E-state index in [1.165, 1.54) is 13.2 Å². The fraction of sp³-hybridized carbons (Fsp3) is 0.200. The molecule has 1 aromatic carbocycles. The van der Waals surface area contributed by atoms with E-state index in [2.05, 4.69) is 10.2 Å². The smallest absolute Gasteiger partial charge is 0.165 e. The third kappa shape index (κ3) is 1.28. The molecule has 2 rings (SSSR count). The number of aryl methyl sites for hydroxylation is 1. The molecule has 0 bridgehead atoms. The van der Waals surface area contributed by atoms with Crippen LogP contribution in [0.15, 0.2) is 18.3 Å². The zero-order valence-electron chi connectivity index (χ0n) is 7.91. The topological polar surface area (TPSA) is 35.0 Å². The number of benzene rings is 1. The SMILES string of the molecule is COc1cc2nncc(C)c2cc1F. The number of ether oxygens (including phenoxy) is 1. The molecule has 0 spiro atoms. The van der Waals surface area contributed by atoms with Gasteiger partial charge in [0.15, 0.2) is 11.6 Å². The van der Waals surface area contributed by atoms with Crippen LogP contribution < -0.4 is 4.74 Å². The van der Waals surface area contributed by atoms with Gasteiger partial charge in [-0.1, -0.05) is 0 Å². The molecule has 0 saturated heterocycles. The Balaban J connectivity index is 2.79. The monoisotopic (exact) mass is 192 g/mol. The number of hydrogen-bond acceptors (Lipinski definition) is 3. The predicted molar refractivity (Wildman–Crippen MR) is 50.8 cm³/mol. The molecule has 0 aliphatic heterocycles. The molecule has 72 valence electrons. The summed E-state index contributed by atoms with van der Waals surface area (Å²) in [5, 5.41) is 8.45. The van der Waals surface area contributed by atoms with Crippen LogP contribution in [-0.4, -0.2) is 17.3 Å². The predicted octanol–water partition coefficient (Wildman–Crippen LogP) is 2.09. The van der Waals surface area contributed by atoms with Gasteiger partial charge in [0.25, 0.3) is 0 Å². The zero-order chi connectivity index (χ0) is 10.1. The van der Waals surface area contributed by atoms with Gasteiger partial charge in [-0.3, -0.25) is 0 Å². The lowest BCUT2D eigenvalue weighted by atomic mass is 10.1. The van der Waals surface area contributed by atoms with Crippen LogP contribution >= 0.6 is 0 Å². The maximum atomic E-state index is 13.3. The summed E-state index contributed by atoms with van der Waals surface area (Å²) < 4.78 is 18.2. The first-order chi connectivity index (χ1) is 6.72. The van der Waals surface area contributed by atoms with Crippen molar-refractivity contribution < 1.29 is 9.13 Å². The molecular formula is C10H9FN2O. The van der Waals surface area contributed by atoms with Crippen LogP contribution in [0.5, 0.6) is 5.75 Å². The Morgan fingerprint density at radius 2 is 2.14 bits per heavy atom. The van der Waals surface area contributed by atoms with Crippen molar-refractivity contribution in [2.45, 2.75) is 6.92 Å². The maximum absolute atomic E-state index is 13.3. The summed E-state index contributed by atoms with van der Waals surface area (Å²) in [7, 11) is 1.42. The molecule has 0 atom stereocenters. The molecule has 0 fully saturated rings. The van der Waals surface area contributed by atoms with Gasteiger partial charge in [-0.15, -0.1) is 0 Å². The van der Waals surface area contributed by atoms with Crippen LogP contribution in [0, 0.1) is 12.7 Å². The van der Waals surface area contributed by atoms with Crippen LogP contribution in [0.3, 0.4) is 0 Å². The Bertz CT molecular complexity index is 485. The first kappa shape index (κ1) is 8.87. The van der Waals surface area contributed by atoms with E-state index >= 15 is 0 Å². The Hall–Kier alpha value is -1.71. The minimum Gasteiger partial charge on any atom is -0.494 e. The van der Waals surface area contributed by atoms with Crippen molar-refractivity contribution in [3.8, 4) is 5.75 Å². The van der Waals surface area contributed by atoms with Gasteiger partial charge < -0.3 is 4.74 Å². The summed E-state index contributed by atoms with van der Waals surface area (Å²) in [5.74, 6) is -0.187. The Morgan fingerprint density at radius 1 is 1.36 bits per heavy atom. The molecule has 1 aromatic heterocycles. The quantitative estimate of drug-likeness (QED) is 0.693. The highest BCUT2D eigenvalue weighted by Crippen LogP contribution is 2.24. The molecule has 3 nitrogen and oxygen atoms in total. The van der Waals surface area contributed by atoms with E-state index in [1.807, 2.05) is 6.92 Å². The number of rotatable bonds is 1. The van der Waals surface area contributed by atoms with E-state index in [-0.39, 0.29) is 11.6 Å². The molecule has 4 heteroatoms. The van der Waals surface area contributed by atoms with E-state index in [9.17, 15) is 4.39 Å². The zero-order valence-corrected chi connectivity index (χ0v) is 7.91. The molecule has 0 unspecified atom stereocenters. The highest BCUT2D eigenvalue weighted by Gasteiger charge is 2.07. The Morgan fingerprint density at radius 3 is 2.86 bits per heavy atom. The minimum absolute atomic E-state index is 0.192. The van der Waals surface area contributed by atoms with Gasteiger partial charge >= 0.3 is 0 Å². The standard InChI is InChI=1S/C10H9FN2O/c1-6-5-12-13-9-4-10(14-2)8(11)3-7(6)9/h3-5H,1-2H3. The summed E-state index contributed by atoms with van der Waals surface area (Å²) in [4.78, 5) is 0. The van der Waals surface area contributed by atoms with Crippen molar-refractivity contribution in [2.75, 3.05) is 7.11 Å². The van der Waals surface area contributed by atoms with Gasteiger partial charge in [-0.2, -0.15) is 10.2 Å². The maximum Gasteiger partial charge on any atom is 0.165 e. The van der Waals surface area contributed by atoms with E-state index < -0.39 is 0 Å². The first-order valence-electron chi connectivity index (χ1n) is 4.18. The summed E-state index contributed by atoms with van der Waals surface area (Å²) in [6.07, 6.45) is 1.61. The van der Waals surface area contributed by atoms with Gasteiger partial charge in [-0.05, 0) is 18.6 Å². The number of hydrogen-bond donors (Lipinski definition) is 0. The lowest BCUT2D eigenvalue weighted by molar-refractivity contribution is 0.387. The van der Waals surface area contributed by atoms with Crippen LogP contribution in [0.2, 0.25) is 0 Å². The molecule has 0 N–H and O–H groups in total. The molecule has 0 amide bonds. The van der Waals surface area contributed by atoms with Gasteiger partial charge in [-0.25, -0.2) is 4.39 Å². The second kappa shape index (κ2) is 3.21. The number of methoxy groups -OCH3 is 1. The van der Waals surface area contributed by atoms with Crippen LogP contribution in [-0.2, 0) is 0 Å². The third-order valence-electron chi connectivity index (χ3n) is 2.11. The minimum atomic E-state index is -0.379. The fourth-order valence-electron chi connectivity index (χ4n) is 1.34. The lowest BCUT2D eigenvalue weighted by Gasteiger charge is -2.04. The second-order valence-corrected chi connectivity index (χ2v) is 3.03. The molecular weight excluding hydrogens is 183 g/mol. The van der Waals surface area contributed by atoms with Gasteiger partial charge in [0.05, 0.1) is 18.8 Å². The molecule has 2 aromatic rings. The summed E-state index contributed by atoms with van der Waals surface area (Å²) in [6.45, 7) is 1.86. The lowest BCUT2D eigenvalue weighted by Crippen LogP contribution is -1.92. The largest absolute Gasteiger partial charge is 0.494 e. The summed E-state index contributed by atoms with van der Waals surface area (Å²) >= 11 is 0. The number of fused-ring (bicyclic) bond motifs is 1. The Labute approximate surface area is 80.5 Å². The van der Waals surface area contributed by atoms with Gasteiger partial charge in [0, 0.05) is 11.5 Å². The summed E-state index contributed by atoms with van der Waals surface area (Å²) in [6, 6.07) is 2.96. The average molecular weight is 192 g/mol. The average Bonchev–Trinajstić information content (AvgIpc) is 2.19. The van der Waals surface area contributed by atoms with Crippen LogP contribution in [0.25, 0.3) is 10.9 Å². The normalized spacial score (nSPS) is 10.5. The van der Waals surface area contributed by atoms with E-state index in [0.29, 0.717) is 5.52 Å². The third-order valence-corrected chi connectivity index (χ3v) is 2.11. The fourth-order valence-corrected chi connectivity index (χ4v) is 1.34. The number of halogens is 1. The molecule has 0 saturated carbocycles. The highest BCUT2D eigenvalue weighted by molar-refractivity contribution is 5.82. The van der Waals surface area contributed by atoms with Crippen molar-refractivity contribution in [3.63, 3.8) is 0 Å². The van der Waals surface area contributed by atoms with Crippen molar-refractivity contribution in [1.29, 1.82) is 0 Å². The van der Waals surface area contributed by atoms with E-state index in [0.717, 1.165) is 10.9 Å². The highest BCUT2D eigenvalue weighted by atomic mass is 19.1. The van der Waals surface area contributed by atoms with Crippen LogP contribution in [0.1, 0.15) is 5.56 Å². The second-order valence-electron chi connectivity index (χ2n) is 3.03. The first-order valence-corrected chi connectivity index (χ1v) is 4.18. The van der Waals surface area contributed by atoms with Crippen molar-refractivity contribution in [1.82, 2.24) is 10.2 Å². The number of aromatic nitrogens is 2. The van der Waals surface area contributed by atoms with Crippen LogP contribution in [0.4, 0.5) is 4.39 Å². The van der Waals surface area contributed by atoms with E-state index in [1.54, 1.807) is 12.3 Å². The van der Waals surface area contributed by atoms with Gasteiger partial charge in [0.2, 0.25) is 0 Å². The van der Waals surface area contributed by atoms with Gasteiger partial charge in [0.1, 0.15) is 0 Å². The van der Waals surface area contributed by atoms with Crippen molar-refractivity contribution in [3.05, 3.63) is 29.7 Å². The molecule has 14 heavy (non-hydrogen) atoms. The van der Waals surface area contributed by atoms with E-state index in [4.69, 9.17) is 4.74 Å². The molecule has 0 aliphatic carbocycles. The van der Waals surface area contributed by atoms with Crippen molar-refractivity contribution >= 4 is 10.9 Å². The molecule has 1 heterocycles. The molecule has 0 aliphatic rings.